The van der Waals surface area contributed by atoms with E-state index in [4.69, 9.17) is 0 Å². The molecular weight excluding hydrogens is 266 g/mol. The zero-order valence-corrected chi connectivity index (χ0v) is 15.4. The van der Waals surface area contributed by atoms with Crippen LogP contribution in [0.1, 0.15) is 95.1 Å². The van der Waals surface area contributed by atoms with Gasteiger partial charge in [-0.15, -0.1) is 0 Å². The maximum absolute atomic E-state index is 2.35. The molecule has 0 aliphatic heterocycles. The van der Waals surface area contributed by atoms with Gasteiger partial charge in [0.15, 0.2) is 12.4 Å². The van der Waals surface area contributed by atoms with E-state index < -0.39 is 0 Å². The molecule has 0 atom stereocenters. The summed E-state index contributed by atoms with van der Waals surface area (Å²) in [6.07, 6.45) is 21.6. The molecule has 0 spiro atoms. The first-order chi connectivity index (χ1) is 10.7. The second-order valence-corrected chi connectivity index (χ2v) is 6.94. The molecule has 22 heavy (non-hydrogen) atoms. The summed E-state index contributed by atoms with van der Waals surface area (Å²) in [5, 5.41) is 0. The van der Waals surface area contributed by atoms with Crippen LogP contribution in [0.3, 0.4) is 0 Å². The van der Waals surface area contributed by atoms with Crippen LogP contribution in [-0.2, 0) is 6.54 Å². The number of aromatic nitrogens is 1. The molecule has 0 aliphatic carbocycles. The predicted octanol–water partition coefficient (Wildman–Crippen LogP) is 6.29. The van der Waals surface area contributed by atoms with E-state index in [0.717, 1.165) is 0 Å². The molecule has 0 saturated heterocycles. The second-order valence-electron chi connectivity index (χ2n) is 6.94. The Morgan fingerprint density at radius 2 is 1.18 bits per heavy atom. The summed E-state index contributed by atoms with van der Waals surface area (Å²) < 4.78 is 2.35. The van der Waals surface area contributed by atoms with Gasteiger partial charge in [-0.3, -0.25) is 0 Å². The lowest BCUT2D eigenvalue weighted by atomic mass is 10.1. The molecular formula is C21H38N+. The minimum Gasteiger partial charge on any atom is -0.205 e. The summed E-state index contributed by atoms with van der Waals surface area (Å²) in [7, 11) is 0. The minimum absolute atomic E-state index is 1.18. The topological polar surface area (TPSA) is 3.88 Å². The van der Waals surface area contributed by atoms with Crippen LogP contribution in [0, 0.1) is 13.8 Å². The third-order valence-electron chi connectivity index (χ3n) is 4.77. The SMILES string of the molecule is CCCCCCCCCCCCCC[n+]1ccc(C)c(C)c1. The van der Waals surface area contributed by atoms with E-state index in [9.17, 15) is 0 Å². The number of nitrogens with zero attached hydrogens (tertiary/aromatic N) is 1. The van der Waals surface area contributed by atoms with Crippen molar-refractivity contribution in [1.29, 1.82) is 0 Å². The van der Waals surface area contributed by atoms with Crippen LogP contribution in [-0.4, -0.2) is 0 Å². The number of unbranched alkanes of at least 4 members (excludes halogenated alkanes) is 11. The highest BCUT2D eigenvalue weighted by Crippen LogP contribution is 2.12. The van der Waals surface area contributed by atoms with E-state index in [1.807, 2.05) is 0 Å². The molecule has 0 aliphatic rings. The molecule has 0 fully saturated rings. The predicted molar refractivity (Wildman–Crippen MR) is 97.2 cm³/mol. The van der Waals surface area contributed by atoms with Gasteiger partial charge >= 0.3 is 0 Å². The maximum Gasteiger partial charge on any atom is 0.171 e. The van der Waals surface area contributed by atoms with Crippen LogP contribution < -0.4 is 4.57 Å². The normalized spacial score (nSPS) is 11.0. The van der Waals surface area contributed by atoms with E-state index >= 15 is 0 Å². The number of aryl methyl sites for hydroxylation is 3. The van der Waals surface area contributed by atoms with Crippen molar-refractivity contribution in [3.63, 3.8) is 0 Å². The van der Waals surface area contributed by atoms with Crippen molar-refractivity contribution >= 4 is 0 Å². The molecule has 1 aromatic heterocycles. The quantitative estimate of drug-likeness (QED) is 0.298. The summed E-state index contributed by atoms with van der Waals surface area (Å²) in [4.78, 5) is 0. The molecule has 1 aromatic rings. The minimum atomic E-state index is 1.18. The first kappa shape index (κ1) is 19.2. The third-order valence-corrected chi connectivity index (χ3v) is 4.77. The van der Waals surface area contributed by atoms with Crippen LogP contribution >= 0.6 is 0 Å². The third kappa shape index (κ3) is 9.23. The average molecular weight is 305 g/mol. The second kappa shape index (κ2) is 12.7. The van der Waals surface area contributed by atoms with Gasteiger partial charge in [0.05, 0.1) is 0 Å². The zero-order chi connectivity index (χ0) is 16.0. The highest BCUT2D eigenvalue weighted by molar-refractivity contribution is 5.16. The van der Waals surface area contributed by atoms with Crippen molar-refractivity contribution in [2.45, 2.75) is 104 Å². The molecule has 126 valence electrons. The van der Waals surface area contributed by atoms with Crippen molar-refractivity contribution < 1.29 is 4.57 Å². The molecule has 0 bridgehead atoms. The molecule has 0 amide bonds. The van der Waals surface area contributed by atoms with E-state index in [0.29, 0.717) is 0 Å². The fourth-order valence-corrected chi connectivity index (χ4v) is 3.01. The molecule has 0 N–H and O–H groups in total. The van der Waals surface area contributed by atoms with Crippen molar-refractivity contribution in [2.24, 2.45) is 0 Å². The average Bonchev–Trinajstić information content (AvgIpc) is 2.52. The van der Waals surface area contributed by atoms with Crippen LogP contribution in [0.25, 0.3) is 0 Å². The van der Waals surface area contributed by atoms with Gasteiger partial charge in [0.1, 0.15) is 6.54 Å². The van der Waals surface area contributed by atoms with Crippen molar-refractivity contribution in [3.8, 4) is 0 Å². The van der Waals surface area contributed by atoms with E-state index in [2.05, 4.69) is 43.8 Å². The molecule has 1 rings (SSSR count). The van der Waals surface area contributed by atoms with Crippen molar-refractivity contribution in [2.75, 3.05) is 0 Å². The van der Waals surface area contributed by atoms with E-state index in [1.165, 1.54) is 94.7 Å². The number of hydrogen-bond donors (Lipinski definition) is 0. The Kier molecular flexibility index (Phi) is 11.1. The van der Waals surface area contributed by atoms with Crippen molar-refractivity contribution in [3.05, 3.63) is 29.6 Å². The summed E-state index contributed by atoms with van der Waals surface area (Å²) in [6, 6.07) is 2.23. The van der Waals surface area contributed by atoms with Crippen LogP contribution in [0.2, 0.25) is 0 Å². The zero-order valence-electron chi connectivity index (χ0n) is 15.4. The standard InChI is InChI=1S/C21H38N/c1-4-5-6-7-8-9-10-11-12-13-14-15-17-22-18-16-20(2)21(3)19-22/h16,18-19H,4-15,17H2,1-3H3/q+1. The number of rotatable bonds is 13. The Morgan fingerprint density at radius 3 is 1.68 bits per heavy atom. The van der Waals surface area contributed by atoms with Crippen molar-refractivity contribution in [1.82, 2.24) is 0 Å². The Labute approximate surface area is 139 Å². The van der Waals surface area contributed by atoms with Crippen LogP contribution in [0.15, 0.2) is 18.5 Å². The Bertz CT molecular complexity index is 383. The largest absolute Gasteiger partial charge is 0.205 e. The fraction of sp³-hybridized carbons (Fsp3) is 0.762. The fourth-order valence-electron chi connectivity index (χ4n) is 3.01. The first-order valence-electron chi connectivity index (χ1n) is 9.70. The van der Waals surface area contributed by atoms with Gasteiger partial charge in [-0.05, 0) is 25.8 Å². The van der Waals surface area contributed by atoms with Crippen LogP contribution in [0.4, 0.5) is 0 Å². The lowest BCUT2D eigenvalue weighted by Gasteiger charge is -2.03. The lowest BCUT2D eigenvalue weighted by Crippen LogP contribution is -2.33. The summed E-state index contributed by atoms with van der Waals surface area (Å²) in [5.41, 5.74) is 2.80. The van der Waals surface area contributed by atoms with Crippen LogP contribution in [0.5, 0.6) is 0 Å². The lowest BCUT2D eigenvalue weighted by molar-refractivity contribution is -0.697. The summed E-state index contributed by atoms with van der Waals surface area (Å²) in [5.74, 6) is 0. The van der Waals surface area contributed by atoms with Gasteiger partial charge in [-0.2, -0.15) is 0 Å². The van der Waals surface area contributed by atoms with Gasteiger partial charge in [-0.1, -0.05) is 71.1 Å². The van der Waals surface area contributed by atoms with Gasteiger partial charge in [0.2, 0.25) is 0 Å². The highest BCUT2D eigenvalue weighted by atomic mass is 14.9. The first-order valence-corrected chi connectivity index (χ1v) is 9.70. The summed E-state index contributed by atoms with van der Waals surface area (Å²) >= 11 is 0. The highest BCUT2D eigenvalue weighted by Gasteiger charge is 2.02. The number of hydrogen-bond acceptors (Lipinski definition) is 0. The smallest absolute Gasteiger partial charge is 0.171 e. The Hall–Kier alpha value is -0.850. The van der Waals surface area contributed by atoms with E-state index in [1.54, 1.807) is 0 Å². The maximum atomic E-state index is 2.35. The molecule has 0 unspecified atom stereocenters. The monoisotopic (exact) mass is 304 g/mol. The molecule has 1 nitrogen and oxygen atoms in total. The molecule has 0 aromatic carbocycles. The van der Waals surface area contributed by atoms with Gasteiger partial charge in [0, 0.05) is 18.1 Å². The number of pyridine rings is 1. The van der Waals surface area contributed by atoms with Gasteiger partial charge in [0.25, 0.3) is 0 Å². The Morgan fingerprint density at radius 1 is 0.682 bits per heavy atom. The summed E-state index contributed by atoms with van der Waals surface area (Å²) in [6.45, 7) is 7.86. The van der Waals surface area contributed by atoms with Gasteiger partial charge < -0.3 is 0 Å². The van der Waals surface area contributed by atoms with Gasteiger partial charge in [-0.25, -0.2) is 4.57 Å². The molecule has 0 saturated carbocycles. The molecule has 1 heteroatoms. The Balaban J connectivity index is 1.88. The molecule has 1 heterocycles. The van der Waals surface area contributed by atoms with E-state index in [-0.39, 0.29) is 0 Å². The molecule has 0 radical (unpaired) electrons.